The molecule has 1 aliphatic rings. The van der Waals surface area contributed by atoms with E-state index in [1.165, 1.54) is 6.20 Å². The molecule has 1 aliphatic heterocycles. The summed E-state index contributed by atoms with van der Waals surface area (Å²) >= 11 is 0. The Hall–Kier alpha value is -1.33. The molecule has 1 amide bonds. The molecule has 2 unspecified atom stereocenters. The average Bonchev–Trinajstić information content (AvgIpc) is 2.65. The molecule has 0 spiro atoms. The van der Waals surface area contributed by atoms with Crippen LogP contribution in [0.15, 0.2) is 18.5 Å². The number of rotatable bonds is 2. The Morgan fingerprint density at radius 2 is 2.41 bits per heavy atom. The van der Waals surface area contributed by atoms with E-state index in [1.54, 1.807) is 12.3 Å². The van der Waals surface area contributed by atoms with Crippen LogP contribution in [0, 0.1) is 0 Å². The number of ether oxygens (including phenoxy) is 1. The highest BCUT2D eigenvalue weighted by Gasteiger charge is 2.26. The van der Waals surface area contributed by atoms with Gasteiger partial charge in [0.15, 0.2) is 0 Å². The number of amides is 1. The fraction of sp³-hybridized carbons (Fsp3) is 0.455. The molecule has 1 saturated heterocycles. The topological polar surface area (TPSA) is 77.2 Å². The first-order chi connectivity index (χ1) is 7.68. The SMILES string of the molecule is CC1OCCC1NC(=O)c1cnccc1N.Cl. The van der Waals surface area contributed by atoms with E-state index in [1.807, 2.05) is 6.92 Å². The van der Waals surface area contributed by atoms with Gasteiger partial charge in [0.2, 0.25) is 0 Å². The van der Waals surface area contributed by atoms with E-state index in [0.29, 0.717) is 17.9 Å². The minimum Gasteiger partial charge on any atom is -0.398 e. The van der Waals surface area contributed by atoms with Crippen LogP contribution >= 0.6 is 12.4 Å². The Labute approximate surface area is 106 Å². The van der Waals surface area contributed by atoms with Crippen molar-refractivity contribution in [1.82, 2.24) is 10.3 Å². The molecule has 1 fully saturated rings. The second kappa shape index (κ2) is 5.84. The third-order valence-electron chi connectivity index (χ3n) is 2.79. The minimum absolute atomic E-state index is 0. The number of carbonyl (C=O) groups excluding carboxylic acids is 1. The van der Waals surface area contributed by atoms with Gasteiger partial charge in [-0.2, -0.15) is 0 Å². The quantitative estimate of drug-likeness (QED) is 0.828. The predicted octanol–water partition coefficient (Wildman–Crippen LogP) is 0.993. The van der Waals surface area contributed by atoms with E-state index in [-0.39, 0.29) is 30.5 Å². The smallest absolute Gasteiger partial charge is 0.255 e. The van der Waals surface area contributed by atoms with Gasteiger partial charge in [-0.15, -0.1) is 12.4 Å². The van der Waals surface area contributed by atoms with Crippen LogP contribution in [0.5, 0.6) is 0 Å². The van der Waals surface area contributed by atoms with E-state index < -0.39 is 0 Å². The average molecular weight is 258 g/mol. The van der Waals surface area contributed by atoms with Gasteiger partial charge in [0.05, 0.1) is 17.7 Å². The van der Waals surface area contributed by atoms with Gasteiger partial charge in [0.25, 0.3) is 5.91 Å². The van der Waals surface area contributed by atoms with E-state index in [0.717, 1.165) is 6.42 Å². The van der Waals surface area contributed by atoms with E-state index >= 15 is 0 Å². The van der Waals surface area contributed by atoms with Crippen molar-refractivity contribution >= 4 is 24.0 Å². The van der Waals surface area contributed by atoms with Crippen LogP contribution in [-0.2, 0) is 4.74 Å². The second-order valence-corrected chi connectivity index (χ2v) is 3.91. The molecule has 0 aliphatic carbocycles. The fourth-order valence-electron chi connectivity index (χ4n) is 1.76. The van der Waals surface area contributed by atoms with E-state index in [9.17, 15) is 4.79 Å². The molecule has 94 valence electrons. The zero-order valence-corrected chi connectivity index (χ0v) is 10.4. The summed E-state index contributed by atoms with van der Waals surface area (Å²) in [5.41, 5.74) is 6.56. The lowest BCUT2D eigenvalue weighted by molar-refractivity contribution is 0.0866. The largest absolute Gasteiger partial charge is 0.398 e. The fourth-order valence-corrected chi connectivity index (χ4v) is 1.76. The number of nitrogens with one attached hydrogen (secondary N) is 1. The van der Waals surface area contributed by atoms with Gasteiger partial charge in [0.1, 0.15) is 0 Å². The number of hydrogen-bond acceptors (Lipinski definition) is 4. The Morgan fingerprint density at radius 3 is 3.00 bits per heavy atom. The summed E-state index contributed by atoms with van der Waals surface area (Å²) < 4.78 is 5.37. The van der Waals surface area contributed by atoms with E-state index in [4.69, 9.17) is 10.5 Å². The van der Waals surface area contributed by atoms with Crippen LogP contribution in [-0.4, -0.2) is 29.6 Å². The molecule has 5 nitrogen and oxygen atoms in total. The standard InChI is InChI=1S/C11H15N3O2.ClH/c1-7-10(3-5-16-7)14-11(15)8-6-13-4-2-9(8)12;/h2,4,6-7,10H,3,5H2,1H3,(H2,12,13)(H,14,15);1H. The maximum absolute atomic E-state index is 11.9. The summed E-state index contributed by atoms with van der Waals surface area (Å²) in [6.45, 7) is 2.64. The summed E-state index contributed by atoms with van der Waals surface area (Å²) in [7, 11) is 0. The van der Waals surface area contributed by atoms with Crippen LogP contribution in [0.25, 0.3) is 0 Å². The number of hydrogen-bond donors (Lipinski definition) is 2. The van der Waals surface area contributed by atoms with Gasteiger partial charge >= 0.3 is 0 Å². The maximum atomic E-state index is 11.9. The van der Waals surface area contributed by atoms with Crippen LogP contribution in [0.2, 0.25) is 0 Å². The third kappa shape index (κ3) is 3.08. The first kappa shape index (κ1) is 13.7. The van der Waals surface area contributed by atoms with Crippen LogP contribution in [0.1, 0.15) is 23.7 Å². The van der Waals surface area contributed by atoms with Crippen molar-refractivity contribution in [2.45, 2.75) is 25.5 Å². The molecule has 0 radical (unpaired) electrons. The molecule has 2 heterocycles. The van der Waals surface area contributed by atoms with Crippen LogP contribution < -0.4 is 11.1 Å². The van der Waals surface area contributed by atoms with E-state index in [2.05, 4.69) is 10.3 Å². The molecule has 1 aromatic heterocycles. The monoisotopic (exact) mass is 257 g/mol. The van der Waals surface area contributed by atoms with Crippen molar-refractivity contribution < 1.29 is 9.53 Å². The number of carbonyl (C=O) groups is 1. The molecule has 3 N–H and O–H groups in total. The molecular weight excluding hydrogens is 242 g/mol. The summed E-state index contributed by atoms with van der Waals surface area (Å²) in [6.07, 6.45) is 3.94. The van der Waals surface area contributed by atoms with Gasteiger partial charge < -0.3 is 15.8 Å². The molecule has 1 aromatic rings. The zero-order valence-electron chi connectivity index (χ0n) is 9.55. The van der Waals surface area contributed by atoms with Crippen molar-refractivity contribution in [2.24, 2.45) is 0 Å². The number of halogens is 1. The highest BCUT2D eigenvalue weighted by atomic mass is 35.5. The summed E-state index contributed by atoms with van der Waals surface area (Å²) in [5.74, 6) is -0.187. The molecule has 0 saturated carbocycles. The molecule has 17 heavy (non-hydrogen) atoms. The Balaban J connectivity index is 0.00000144. The predicted molar refractivity (Wildman–Crippen MR) is 67.2 cm³/mol. The van der Waals surface area contributed by atoms with Crippen molar-refractivity contribution in [3.63, 3.8) is 0 Å². The third-order valence-corrected chi connectivity index (χ3v) is 2.79. The normalized spacial score (nSPS) is 22.9. The van der Waals surface area contributed by atoms with Crippen LogP contribution in [0.4, 0.5) is 5.69 Å². The van der Waals surface area contributed by atoms with Crippen LogP contribution in [0.3, 0.4) is 0 Å². The lowest BCUT2D eigenvalue weighted by Gasteiger charge is -2.16. The number of aromatic nitrogens is 1. The highest BCUT2D eigenvalue weighted by molar-refractivity contribution is 5.98. The van der Waals surface area contributed by atoms with Gasteiger partial charge in [-0.25, -0.2) is 0 Å². The van der Waals surface area contributed by atoms with Gasteiger partial charge in [-0.3, -0.25) is 9.78 Å². The molecule has 6 heteroatoms. The minimum atomic E-state index is -0.187. The maximum Gasteiger partial charge on any atom is 0.255 e. The molecule has 0 bridgehead atoms. The second-order valence-electron chi connectivity index (χ2n) is 3.91. The Morgan fingerprint density at radius 1 is 1.65 bits per heavy atom. The number of pyridine rings is 1. The van der Waals surface area contributed by atoms with Crippen molar-refractivity contribution in [3.8, 4) is 0 Å². The highest BCUT2D eigenvalue weighted by Crippen LogP contribution is 2.15. The number of nitrogens with two attached hydrogens (primary N) is 1. The summed E-state index contributed by atoms with van der Waals surface area (Å²) in [4.78, 5) is 15.8. The van der Waals surface area contributed by atoms with Crippen molar-refractivity contribution in [1.29, 1.82) is 0 Å². The summed E-state index contributed by atoms with van der Waals surface area (Å²) in [5, 5.41) is 2.90. The lowest BCUT2D eigenvalue weighted by Crippen LogP contribution is -2.39. The van der Waals surface area contributed by atoms with Crippen molar-refractivity contribution in [2.75, 3.05) is 12.3 Å². The van der Waals surface area contributed by atoms with Gasteiger partial charge in [0, 0.05) is 24.7 Å². The molecule has 0 aromatic carbocycles. The Kier molecular flexibility index (Phi) is 4.72. The first-order valence-electron chi connectivity index (χ1n) is 5.30. The molecule has 2 rings (SSSR count). The zero-order chi connectivity index (χ0) is 11.5. The Bertz CT molecular complexity index is 400. The number of nitrogen functional groups attached to an aromatic ring is 1. The number of anilines is 1. The first-order valence-corrected chi connectivity index (χ1v) is 5.30. The molecular formula is C11H16ClN3O2. The van der Waals surface area contributed by atoms with Crippen molar-refractivity contribution in [3.05, 3.63) is 24.0 Å². The molecule has 2 atom stereocenters. The van der Waals surface area contributed by atoms with Gasteiger partial charge in [-0.1, -0.05) is 0 Å². The number of nitrogens with zero attached hydrogens (tertiary/aromatic N) is 1. The van der Waals surface area contributed by atoms with Gasteiger partial charge in [-0.05, 0) is 19.4 Å². The lowest BCUT2D eigenvalue weighted by atomic mass is 10.1. The summed E-state index contributed by atoms with van der Waals surface area (Å²) in [6, 6.07) is 1.68.